The van der Waals surface area contributed by atoms with Gasteiger partial charge in [0.2, 0.25) is 0 Å². The van der Waals surface area contributed by atoms with Crippen molar-refractivity contribution in [3.05, 3.63) is 11.6 Å². The van der Waals surface area contributed by atoms with E-state index in [1.165, 1.54) is 0 Å². The van der Waals surface area contributed by atoms with Crippen LogP contribution in [0.4, 0.5) is 0 Å². The molecule has 1 aromatic heterocycles. The van der Waals surface area contributed by atoms with Crippen molar-refractivity contribution < 1.29 is 4.74 Å². The Kier molecular flexibility index (Phi) is 10.4. The first-order chi connectivity index (χ1) is 12.0. The summed E-state index contributed by atoms with van der Waals surface area (Å²) in [6.45, 7) is 13.7. The lowest BCUT2D eigenvalue weighted by Gasteiger charge is -2.37. The highest BCUT2D eigenvalue weighted by Crippen LogP contribution is 2.07. The van der Waals surface area contributed by atoms with Gasteiger partial charge in [0.05, 0.1) is 6.61 Å². The number of aliphatic imine (C=N–C) groups is 1. The summed E-state index contributed by atoms with van der Waals surface area (Å²) in [6.07, 6.45) is 0. The van der Waals surface area contributed by atoms with E-state index >= 15 is 0 Å². The van der Waals surface area contributed by atoms with Crippen molar-refractivity contribution in [1.29, 1.82) is 0 Å². The van der Waals surface area contributed by atoms with Crippen LogP contribution in [-0.2, 0) is 18.3 Å². The lowest BCUT2D eigenvalue weighted by atomic mass is 10.2. The van der Waals surface area contributed by atoms with E-state index in [1.807, 2.05) is 18.5 Å². The number of guanidine groups is 1. The van der Waals surface area contributed by atoms with Crippen molar-refractivity contribution in [2.24, 2.45) is 18.0 Å². The lowest BCUT2D eigenvalue weighted by Crippen LogP contribution is -2.53. The van der Waals surface area contributed by atoms with Crippen molar-refractivity contribution in [3.8, 4) is 0 Å². The van der Waals surface area contributed by atoms with Crippen molar-refractivity contribution in [2.45, 2.75) is 27.3 Å². The molecule has 1 saturated heterocycles. The van der Waals surface area contributed by atoms with E-state index in [0.29, 0.717) is 19.1 Å². The summed E-state index contributed by atoms with van der Waals surface area (Å²) < 4.78 is 7.14. The van der Waals surface area contributed by atoms with Gasteiger partial charge in [-0.1, -0.05) is 13.8 Å². The molecule has 1 aliphatic rings. The largest absolute Gasteiger partial charge is 0.383 e. The maximum absolute atomic E-state index is 5.15. The number of nitrogens with zero attached hydrogens (tertiary/aromatic N) is 6. The molecule has 2 rings (SSSR count). The highest BCUT2D eigenvalue weighted by molar-refractivity contribution is 14.0. The van der Waals surface area contributed by atoms with E-state index in [-0.39, 0.29) is 24.0 Å². The summed E-state index contributed by atoms with van der Waals surface area (Å²) in [5.74, 6) is 3.42. The molecule has 9 heteroatoms. The first-order valence-corrected chi connectivity index (χ1v) is 9.10. The molecule has 0 aromatic carbocycles. The van der Waals surface area contributed by atoms with Crippen LogP contribution in [0.5, 0.6) is 0 Å². The SMILES string of the molecule is COCCNC(=NCc1nnc(C)n1C)N1CCN(CC(C)C)CC1.I. The molecule has 0 saturated carbocycles. The second-order valence-corrected chi connectivity index (χ2v) is 6.96. The van der Waals surface area contributed by atoms with Gasteiger partial charge >= 0.3 is 0 Å². The number of piperazine rings is 1. The van der Waals surface area contributed by atoms with E-state index < -0.39 is 0 Å². The molecule has 0 radical (unpaired) electrons. The fourth-order valence-electron chi connectivity index (χ4n) is 2.93. The molecule has 0 atom stereocenters. The number of hydrogen-bond acceptors (Lipinski definition) is 5. The van der Waals surface area contributed by atoms with E-state index in [4.69, 9.17) is 9.73 Å². The Balaban J connectivity index is 0.00000338. The summed E-state index contributed by atoms with van der Waals surface area (Å²) >= 11 is 0. The van der Waals surface area contributed by atoms with Gasteiger partial charge in [0, 0.05) is 53.4 Å². The van der Waals surface area contributed by atoms with Crippen LogP contribution in [-0.4, -0.2) is 83.5 Å². The molecule has 26 heavy (non-hydrogen) atoms. The zero-order chi connectivity index (χ0) is 18.2. The Bertz CT molecular complexity index is 553. The Morgan fingerprint density at radius 3 is 2.46 bits per heavy atom. The van der Waals surface area contributed by atoms with Gasteiger partial charge in [-0.15, -0.1) is 34.2 Å². The third-order valence-corrected chi connectivity index (χ3v) is 4.44. The maximum atomic E-state index is 5.15. The van der Waals surface area contributed by atoms with Crippen LogP contribution >= 0.6 is 24.0 Å². The van der Waals surface area contributed by atoms with Gasteiger partial charge in [0.25, 0.3) is 0 Å². The van der Waals surface area contributed by atoms with Crippen molar-refractivity contribution in [3.63, 3.8) is 0 Å². The minimum atomic E-state index is 0. The predicted molar refractivity (Wildman–Crippen MR) is 115 cm³/mol. The molecule has 1 fully saturated rings. The molecule has 1 N–H and O–H groups in total. The van der Waals surface area contributed by atoms with E-state index in [2.05, 4.69) is 39.2 Å². The maximum Gasteiger partial charge on any atom is 0.194 e. The van der Waals surface area contributed by atoms with Crippen molar-refractivity contribution >= 4 is 29.9 Å². The molecule has 0 aliphatic carbocycles. The number of nitrogens with one attached hydrogen (secondary N) is 1. The number of rotatable bonds is 7. The fraction of sp³-hybridized carbons (Fsp3) is 0.824. The quantitative estimate of drug-likeness (QED) is 0.274. The lowest BCUT2D eigenvalue weighted by molar-refractivity contribution is 0.162. The number of aromatic nitrogens is 3. The summed E-state index contributed by atoms with van der Waals surface area (Å²) in [5, 5.41) is 11.7. The molecule has 2 heterocycles. The molecule has 0 spiro atoms. The number of aryl methyl sites for hydroxylation is 1. The smallest absolute Gasteiger partial charge is 0.194 e. The fourth-order valence-corrected chi connectivity index (χ4v) is 2.93. The van der Waals surface area contributed by atoms with Crippen LogP contribution < -0.4 is 5.32 Å². The third-order valence-electron chi connectivity index (χ3n) is 4.44. The van der Waals surface area contributed by atoms with E-state index in [0.717, 1.165) is 56.9 Å². The minimum absolute atomic E-state index is 0. The highest BCUT2D eigenvalue weighted by Gasteiger charge is 2.20. The van der Waals surface area contributed by atoms with Gasteiger partial charge in [-0.25, -0.2) is 4.99 Å². The van der Waals surface area contributed by atoms with Crippen LogP contribution in [0.15, 0.2) is 4.99 Å². The Morgan fingerprint density at radius 2 is 1.92 bits per heavy atom. The van der Waals surface area contributed by atoms with Gasteiger partial charge in [-0.05, 0) is 12.8 Å². The molecule has 8 nitrogen and oxygen atoms in total. The zero-order valence-electron chi connectivity index (χ0n) is 16.7. The molecule has 150 valence electrons. The summed E-state index contributed by atoms with van der Waals surface area (Å²) in [5.41, 5.74) is 0. The van der Waals surface area contributed by atoms with Crippen LogP contribution in [0.25, 0.3) is 0 Å². The molecule has 0 bridgehead atoms. The van der Waals surface area contributed by atoms with Crippen LogP contribution in [0.2, 0.25) is 0 Å². The van der Waals surface area contributed by atoms with Crippen LogP contribution in [0.1, 0.15) is 25.5 Å². The standard InChI is InChI=1S/C17H33N7O.HI/c1-14(2)13-23-7-9-24(10-8-23)17(18-6-11-25-5)19-12-16-21-20-15(3)22(16)4;/h14H,6-13H2,1-5H3,(H,18,19);1H. The van der Waals surface area contributed by atoms with Gasteiger partial charge in [0.1, 0.15) is 12.4 Å². The average molecular weight is 479 g/mol. The predicted octanol–water partition coefficient (Wildman–Crippen LogP) is 1.11. The van der Waals surface area contributed by atoms with Crippen LogP contribution in [0, 0.1) is 12.8 Å². The normalized spacial score (nSPS) is 16.1. The molecule has 0 amide bonds. The van der Waals surface area contributed by atoms with E-state index in [9.17, 15) is 0 Å². The summed E-state index contributed by atoms with van der Waals surface area (Å²) in [7, 11) is 3.69. The number of ether oxygens (including phenoxy) is 1. The van der Waals surface area contributed by atoms with Crippen molar-refractivity contribution in [2.75, 3.05) is 53.0 Å². The topological polar surface area (TPSA) is 70.8 Å². The third kappa shape index (κ3) is 6.99. The molecule has 1 aliphatic heterocycles. The van der Waals surface area contributed by atoms with Gasteiger partial charge < -0.3 is 19.5 Å². The van der Waals surface area contributed by atoms with E-state index in [1.54, 1.807) is 7.11 Å². The van der Waals surface area contributed by atoms with Crippen molar-refractivity contribution in [1.82, 2.24) is 29.9 Å². The minimum Gasteiger partial charge on any atom is -0.383 e. The zero-order valence-corrected chi connectivity index (χ0v) is 19.1. The molecular weight excluding hydrogens is 445 g/mol. The first-order valence-electron chi connectivity index (χ1n) is 9.10. The monoisotopic (exact) mass is 479 g/mol. The molecule has 1 aromatic rings. The summed E-state index contributed by atoms with van der Waals surface area (Å²) in [4.78, 5) is 9.64. The Hall–Kier alpha value is -0.940. The van der Waals surface area contributed by atoms with Gasteiger partial charge in [-0.3, -0.25) is 4.90 Å². The highest BCUT2D eigenvalue weighted by atomic mass is 127. The van der Waals surface area contributed by atoms with Crippen LogP contribution in [0.3, 0.4) is 0 Å². The average Bonchev–Trinajstić information content (AvgIpc) is 2.90. The first kappa shape index (κ1) is 23.1. The number of methoxy groups -OCH3 is 1. The summed E-state index contributed by atoms with van der Waals surface area (Å²) in [6, 6.07) is 0. The number of halogens is 1. The molecular formula is C17H34IN7O. The van der Waals surface area contributed by atoms with Gasteiger partial charge in [-0.2, -0.15) is 0 Å². The second-order valence-electron chi connectivity index (χ2n) is 6.96. The Morgan fingerprint density at radius 1 is 1.23 bits per heavy atom. The van der Waals surface area contributed by atoms with Gasteiger partial charge in [0.15, 0.2) is 11.8 Å². The number of hydrogen-bond donors (Lipinski definition) is 1. The Labute approximate surface area is 174 Å². The molecule has 0 unspecified atom stereocenters. The second kappa shape index (κ2) is 11.7.